The zero-order chi connectivity index (χ0) is 15.3. The van der Waals surface area contributed by atoms with Gasteiger partial charge in [-0.2, -0.15) is 0 Å². The maximum absolute atomic E-state index is 12.0. The lowest BCUT2D eigenvalue weighted by molar-refractivity contribution is 0.0601. The van der Waals surface area contributed by atoms with Gasteiger partial charge in [0.2, 0.25) is 0 Å². The number of carbonyl (C=O) groups is 1. The summed E-state index contributed by atoms with van der Waals surface area (Å²) in [5, 5.41) is 4.21. The lowest BCUT2D eigenvalue weighted by atomic mass is 9.85. The predicted octanol–water partition coefficient (Wildman–Crippen LogP) is 2.66. The summed E-state index contributed by atoms with van der Waals surface area (Å²) in [6.07, 6.45) is 4.71. The summed E-state index contributed by atoms with van der Waals surface area (Å²) in [6.45, 7) is 0. The first-order valence-electron chi connectivity index (χ1n) is 7.68. The Morgan fingerprint density at radius 2 is 2.09 bits per heavy atom. The van der Waals surface area contributed by atoms with E-state index >= 15 is 0 Å². The summed E-state index contributed by atoms with van der Waals surface area (Å²) in [6, 6.07) is 4.99. The van der Waals surface area contributed by atoms with Gasteiger partial charge in [-0.3, -0.25) is 0 Å². The monoisotopic (exact) mass is 317 g/mol. The first-order chi connectivity index (χ1) is 10.6. The van der Waals surface area contributed by atoms with E-state index in [0.29, 0.717) is 28.7 Å². The molecule has 116 valence electrons. The third-order valence-corrected chi connectivity index (χ3v) is 5.71. The molecule has 2 aliphatic rings. The van der Waals surface area contributed by atoms with Gasteiger partial charge in [0.15, 0.2) is 5.13 Å². The quantitative estimate of drug-likeness (QED) is 0.833. The molecule has 6 heteroatoms. The van der Waals surface area contributed by atoms with Crippen LogP contribution in [0.25, 0.3) is 10.2 Å². The van der Waals surface area contributed by atoms with Crippen LogP contribution in [0.15, 0.2) is 12.1 Å². The van der Waals surface area contributed by atoms with Gasteiger partial charge < -0.3 is 15.8 Å². The summed E-state index contributed by atoms with van der Waals surface area (Å²) >= 11 is 1.43. The molecule has 3 N–H and O–H groups in total. The van der Waals surface area contributed by atoms with Crippen LogP contribution in [0.5, 0.6) is 0 Å². The Bertz CT molecular complexity index is 730. The molecule has 2 aliphatic heterocycles. The third-order valence-electron chi connectivity index (χ3n) is 4.87. The summed E-state index contributed by atoms with van der Waals surface area (Å²) < 4.78 is 5.86. The highest BCUT2D eigenvalue weighted by atomic mass is 32.1. The van der Waals surface area contributed by atoms with Gasteiger partial charge in [0.25, 0.3) is 0 Å². The molecule has 0 spiro atoms. The molecule has 5 nitrogen and oxygen atoms in total. The number of carbonyl (C=O) groups excluding carboxylic acids is 1. The number of nitrogen functional groups attached to an aromatic ring is 1. The van der Waals surface area contributed by atoms with E-state index in [1.54, 1.807) is 0 Å². The second-order valence-corrected chi connectivity index (χ2v) is 7.32. The van der Waals surface area contributed by atoms with Gasteiger partial charge in [0.1, 0.15) is 0 Å². The van der Waals surface area contributed by atoms with E-state index in [9.17, 15) is 4.79 Å². The van der Waals surface area contributed by atoms with Crippen LogP contribution in [0.1, 0.15) is 47.5 Å². The minimum atomic E-state index is -0.299. The fraction of sp³-hybridized carbons (Fsp3) is 0.500. The number of nitrogens with one attached hydrogen (secondary N) is 1. The zero-order valence-corrected chi connectivity index (χ0v) is 13.3. The molecular weight excluding hydrogens is 298 g/mol. The zero-order valence-electron chi connectivity index (χ0n) is 12.5. The van der Waals surface area contributed by atoms with Crippen LogP contribution < -0.4 is 11.1 Å². The van der Waals surface area contributed by atoms with E-state index in [-0.39, 0.29) is 5.97 Å². The molecule has 2 unspecified atom stereocenters. The Labute approximate surface area is 132 Å². The molecule has 2 saturated heterocycles. The lowest BCUT2D eigenvalue weighted by Crippen LogP contribution is -2.37. The summed E-state index contributed by atoms with van der Waals surface area (Å²) in [5.41, 5.74) is 8.61. The van der Waals surface area contributed by atoms with Gasteiger partial charge in [-0.15, -0.1) is 0 Å². The molecule has 0 amide bonds. The van der Waals surface area contributed by atoms with Gasteiger partial charge in [0, 0.05) is 12.1 Å². The van der Waals surface area contributed by atoms with Crippen molar-refractivity contribution >= 4 is 32.7 Å². The number of ether oxygens (including phenoxy) is 1. The number of aromatic nitrogens is 1. The fourth-order valence-corrected chi connectivity index (χ4v) is 4.74. The van der Waals surface area contributed by atoms with E-state index in [1.807, 2.05) is 12.1 Å². The maximum atomic E-state index is 12.0. The minimum absolute atomic E-state index is 0.299. The number of hydrogen-bond donors (Lipinski definition) is 2. The molecule has 4 rings (SSSR count). The Morgan fingerprint density at radius 1 is 1.36 bits per heavy atom. The van der Waals surface area contributed by atoms with E-state index in [4.69, 9.17) is 10.5 Å². The first kappa shape index (κ1) is 14.0. The molecule has 22 heavy (non-hydrogen) atoms. The van der Waals surface area contributed by atoms with Crippen molar-refractivity contribution in [1.82, 2.24) is 10.3 Å². The number of anilines is 1. The van der Waals surface area contributed by atoms with Crippen LogP contribution >= 0.6 is 11.3 Å². The van der Waals surface area contributed by atoms with Gasteiger partial charge in [-0.05, 0) is 49.3 Å². The smallest absolute Gasteiger partial charge is 0.337 e. The molecule has 1 aromatic carbocycles. The second-order valence-electron chi connectivity index (χ2n) is 6.26. The largest absolute Gasteiger partial charge is 0.465 e. The van der Waals surface area contributed by atoms with Crippen molar-refractivity contribution in [3.63, 3.8) is 0 Å². The van der Waals surface area contributed by atoms with E-state index in [2.05, 4.69) is 10.3 Å². The lowest BCUT2D eigenvalue weighted by Gasteiger charge is -2.29. The molecule has 2 bridgehead atoms. The summed E-state index contributed by atoms with van der Waals surface area (Å²) in [7, 11) is 1.41. The Hall–Kier alpha value is -1.66. The topological polar surface area (TPSA) is 77.2 Å². The average molecular weight is 317 g/mol. The summed E-state index contributed by atoms with van der Waals surface area (Å²) in [4.78, 5) is 16.5. The average Bonchev–Trinajstić information content (AvgIpc) is 3.06. The van der Waals surface area contributed by atoms with Crippen LogP contribution in [0, 0.1) is 0 Å². The first-order valence-corrected chi connectivity index (χ1v) is 8.50. The van der Waals surface area contributed by atoms with Crippen LogP contribution in [0.4, 0.5) is 5.13 Å². The van der Waals surface area contributed by atoms with Crippen molar-refractivity contribution in [3.8, 4) is 0 Å². The van der Waals surface area contributed by atoms with Gasteiger partial charge in [0.05, 0.1) is 22.9 Å². The standard InChI is InChI=1S/C16H19N3O2S/c1-21-15(20)9-6-12(14-13(7-9)22-16(17)19-14)8-4-10-2-3-11(5-8)18-10/h6-8,10-11,18H,2-5H2,1H3,(H2,17,19). The van der Waals surface area contributed by atoms with Crippen molar-refractivity contribution in [1.29, 1.82) is 0 Å². The fourth-order valence-electron chi connectivity index (χ4n) is 3.93. The predicted molar refractivity (Wildman–Crippen MR) is 87.3 cm³/mol. The second kappa shape index (κ2) is 5.21. The van der Waals surface area contributed by atoms with Crippen LogP contribution in [-0.2, 0) is 4.74 Å². The normalized spacial score (nSPS) is 27.2. The van der Waals surface area contributed by atoms with E-state index in [0.717, 1.165) is 28.6 Å². The number of esters is 1. The van der Waals surface area contributed by atoms with Crippen LogP contribution in [-0.4, -0.2) is 30.1 Å². The Morgan fingerprint density at radius 3 is 2.77 bits per heavy atom. The molecule has 0 aliphatic carbocycles. The molecule has 0 saturated carbocycles. The molecular formula is C16H19N3O2S. The molecule has 2 atom stereocenters. The molecule has 3 heterocycles. The number of benzene rings is 1. The molecule has 2 fully saturated rings. The highest BCUT2D eigenvalue weighted by molar-refractivity contribution is 7.22. The highest BCUT2D eigenvalue weighted by Crippen LogP contribution is 2.41. The summed E-state index contributed by atoms with van der Waals surface area (Å²) in [5.74, 6) is 0.138. The van der Waals surface area contributed by atoms with Crippen molar-refractivity contribution in [3.05, 3.63) is 23.3 Å². The van der Waals surface area contributed by atoms with Crippen molar-refractivity contribution in [2.24, 2.45) is 0 Å². The van der Waals surface area contributed by atoms with Crippen LogP contribution in [0.2, 0.25) is 0 Å². The number of fused-ring (bicyclic) bond motifs is 3. The van der Waals surface area contributed by atoms with Gasteiger partial charge in [-0.25, -0.2) is 9.78 Å². The third kappa shape index (κ3) is 2.27. The number of nitrogens with two attached hydrogens (primary N) is 1. The minimum Gasteiger partial charge on any atom is -0.465 e. The number of thiazole rings is 1. The molecule has 1 aromatic heterocycles. The van der Waals surface area contributed by atoms with Crippen LogP contribution in [0.3, 0.4) is 0 Å². The Balaban J connectivity index is 1.82. The number of rotatable bonds is 2. The van der Waals surface area contributed by atoms with E-state index in [1.165, 1.54) is 31.3 Å². The van der Waals surface area contributed by atoms with Crippen molar-refractivity contribution < 1.29 is 9.53 Å². The number of piperidine rings is 1. The highest BCUT2D eigenvalue weighted by Gasteiger charge is 2.35. The maximum Gasteiger partial charge on any atom is 0.337 e. The number of nitrogens with zero attached hydrogens (tertiary/aromatic N) is 1. The van der Waals surface area contributed by atoms with Gasteiger partial charge in [-0.1, -0.05) is 11.3 Å². The molecule has 2 aromatic rings. The number of hydrogen-bond acceptors (Lipinski definition) is 6. The van der Waals surface area contributed by atoms with Crippen molar-refractivity contribution in [2.75, 3.05) is 12.8 Å². The van der Waals surface area contributed by atoms with Gasteiger partial charge >= 0.3 is 5.97 Å². The SMILES string of the molecule is COC(=O)c1cc(C2CC3CCC(C2)N3)c2nc(N)sc2c1. The Kier molecular flexibility index (Phi) is 3.31. The van der Waals surface area contributed by atoms with Crippen molar-refractivity contribution in [2.45, 2.75) is 43.7 Å². The number of methoxy groups -OCH3 is 1. The van der Waals surface area contributed by atoms with E-state index < -0.39 is 0 Å². The molecule has 0 radical (unpaired) electrons.